The zero-order chi connectivity index (χ0) is 25.5. The minimum atomic E-state index is -2.61. The number of hydrogen-bond acceptors (Lipinski definition) is 3. The molecule has 0 saturated carbocycles. The number of benzene rings is 3. The summed E-state index contributed by atoms with van der Waals surface area (Å²) in [5, 5.41) is 0. The second-order valence-corrected chi connectivity index (χ2v) is 10.4. The van der Waals surface area contributed by atoms with Crippen molar-refractivity contribution >= 4 is 11.9 Å². The molecule has 4 nitrogen and oxygen atoms in total. The largest absolute Gasteiger partial charge is 0.448 e. The molecule has 2 atom stereocenters. The molecular formula is C31H29F2NO3. The van der Waals surface area contributed by atoms with Crippen molar-refractivity contribution in [1.82, 2.24) is 4.90 Å². The SMILES string of the molecule is O=C(c1cccc(C(F)F)c1)C1CC2CCCC(C1)N2C(=O)OCC1c2ccccc2-c2ccccc21. The Balaban J connectivity index is 1.16. The summed E-state index contributed by atoms with van der Waals surface area (Å²) in [6.07, 6.45) is 0.800. The van der Waals surface area contributed by atoms with Gasteiger partial charge in [0.1, 0.15) is 6.61 Å². The first-order valence-corrected chi connectivity index (χ1v) is 13.1. The fourth-order valence-corrected chi connectivity index (χ4v) is 6.63. The van der Waals surface area contributed by atoms with Gasteiger partial charge < -0.3 is 9.64 Å². The van der Waals surface area contributed by atoms with Crippen LogP contribution in [0.15, 0.2) is 72.8 Å². The standard InChI is InChI=1S/C31H29F2NO3/c32-30(33)20-8-5-7-19(15-20)29(35)21-16-22-9-6-10-23(17-21)34(22)31(36)37-18-28-26-13-3-1-11-24(26)25-12-2-4-14-27(25)28/h1-5,7-8,11-15,21-23,28,30H,6,9-10,16-18H2. The Labute approximate surface area is 215 Å². The first-order chi connectivity index (χ1) is 18.0. The molecule has 1 amide bonds. The van der Waals surface area contributed by atoms with E-state index in [1.807, 2.05) is 29.2 Å². The van der Waals surface area contributed by atoms with Crippen LogP contribution in [0.4, 0.5) is 13.6 Å². The van der Waals surface area contributed by atoms with Gasteiger partial charge in [-0.25, -0.2) is 13.6 Å². The lowest BCUT2D eigenvalue weighted by molar-refractivity contribution is 0.00650. The highest BCUT2D eigenvalue weighted by molar-refractivity contribution is 5.98. The Hall–Kier alpha value is -3.54. The maximum Gasteiger partial charge on any atom is 0.410 e. The number of alkyl halides is 2. The second-order valence-electron chi connectivity index (χ2n) is 10.4. The van der Waals surface area contributed by atoms with Crippen molar-refractivity contribution in [1.29, 1.82) is 0 Å². The summed E-state index contributed by atoms with van der Waals surface area (Å²) in [6, 6.07) is 22.1. The lowest BCUT2D eigenvalue weighted by Crippen LogP contribution is -2.55. The van der Waals surface area contributed by atoms with E-state index in [2.05, 4.69) is 24.3 Å². The van der Waals surface area contributed by atoms with E-state index in [0.717, 1.165) is 19.3 Å². The Morgan fingerprint density at radius 1 is 0.865 bits per heavy atom. The highest BCUT2D eigenvalue weighted by Gasteiger charge is 2.44. The van der Waals surface area contributed by atoms with Crippen LogP contribution in [0.5, 0.6) is 0 Å². The van der Waals surface area contributed by atoms with Gasteiger partial charge in [-0.3, -0.25) is 4.79 Å². The molecule has 2 unspecified atom stereocenters. The van der Waals surface area contributed by atoms with E-state index in [9.17, 15) is 18.4 Å². The Bertz CT molecular complexity index is 1280. The van der Waals surface area contributed by atoms with Gasteiger partial charge in [0.05, 0.1) is 0 Å². The Morgan fingerprint density at radius 3 is 2.11 bits per heavy atom. The van der Waals surface area contributed by atoms with Gasteiger partial charge in [-0.1, -0.05) is 66.7 Å². The number of fused-ring (bicyclic) bond motifs is 5. The number of carbonyl (C=O) groups is 2. The highest BCUT2D eigenvalue weighted by Crippen LogP contribution is 2.45. The Morgan fingerprint density at radius 2 is 1.49 bits per heavy atom. The zero-order valence-electron chi connectivity index (χ0n) is 20.5. The lowest BCUT2D eigenvalue weighted by Gasteiger charge is -2.47. The summed E-state index contributed by atoms with van der Waals surface area (Å²) in [7, 11) is 0. The monoisotopic (exact) mass is 501 g/mol. The number of ether oxygens (including phenoxy) is 1. The fraction of sp³-hybridized carbons (Fsp3) is 0.355. The van der Waals surface area contributed by atoms with Crippen molar-refractivity contribution in [2.45, 2.75) is 56.5 Å². The quantitative estimate of drug-likeness (QED) is 0.343. The first-order valence-electron chi connectivity index (χ1n) is 13.1. The predicted molar refractivity (Wildman–Crippen MR) is 137 cm³/mol. The van der Waals surface area contributed by atoms with E-state index >= 15 is 0 Å². The number of amides is 1. The molecule has 3 aliphatic rings. The van der Waals surface area contributed by atoms with Crippen molar-refractivity contribution in [2.75, 3.05) is 6.61 Å². The lowest BCUT2D eigenvalue weighted by atomic mass is 9.75. The predicted octanol–water partition coefficient (Wildman–Crippen LogP) is 7.39. The van der Waals surface area contributed by atoms with Gasteiger partial charge in [0.2, 0.25) is 0 Å². The van der Waals surface area contributed by atoms with Crippen LogP contribution in [0.25, 0.3) is 11.1 Å². The molecule has 0 aromatic heterocycles. The van der Waals surface area contributed by atoms with Gasteiger partial charge >= 0.3 is 6.09 Å². The van der Waals surface area contributed by atoms with E-state index in [-0.39, 0.29) is 48.0 Å². The maximum atomic E-state index is 13.4. The molecule has 2 fully saturated rings. The summed E-state index contributed by atoms with van der Waals surface area (Å²) in [5.74, 6) is -0.384. The van der Waals surface area contributed by atoms with Gasteiger partial charge in [-0.05, 0) is 60.4 Å². The van der Waals surface area contributed by atoms with Crippen molar-refractivity contribution in [3.63, 3.8) is 0 Å². The normalized spacial score (nSPS) is 22.5. The maximum absolute atomic E-state index is 13.4. The number of Topliss-reactive ketones (excluding diaryl/α,β-unsaturated/α-hetero) is 1. The number of carbonyl (C=O) groups excluding carboxylic acids is 2. The molecule has 190 valence electrons. The van der Waals surface area contributed by atoms with Gasteiger partial charge in [0.15, 0.2) is 5.78 Å². The third kappa shape index (κ3) is 4.32. The topological polar surface area (TPSA) is 46.6 Å². The Kier molecular flexibility index (Phi) is 6.27. The molecule has 6 heteroatoms. The molecule has 6 rings (SSSR count). The molecule has 2 saturated heterocycles. The van der Waals surface area contributed by atoms with Crippen LogP contribution >= 0.6 is 0 Å². The third-order valence-corrected chi connectivity index (χ3v) is 8.32. The van der Waals surface area contributed by atoms with E-state index in [0.29, 0.717) is 18.4 Å². The molecule has 0 N–H and O–H groups in total. The molecule has 0 spiro atoms. The van der Waals surface area contributed by atoms with Gasteiger partial charge in [0, 0.05) is 35.0 Å². The number of hydrogen-bond donors (Lipinski definition) is 0. The molecule has 2 heterocycles. The van der Waals surface area contributed by atoms with Crippen LogP contribution in [-0.4, -0.2) is 35.5 Å². The number of rotatable bonds is 5. The minimum Gasteiger partial charge on any atom is -0.448 e. The van der Waals surface area contributed by atoms with Crippen molar-refractivity contribution in [2.24, 2.45) is 5.92 Å². The van der Waals surface area contributed by atoms with E-state index in [1.54, 1.807) is 6.07 Å². The summed E-state index contributed by atoms with van der Waals surface area (Å²) < 4.78 is 32.3. The summed E-state index contributed by atoms with van der Waals surface area (Å²) >= 11 is 0. The van der Waals surface area contributed by atoms with E-state index < -0.39 is 6.43 Å². The van der Waals surface area contributed by atoms with Crippen molar-refractivity contribution in [3.8, 4) is 11.1 Å². The third-order valence-electron chi connectivity index (χ3n) is 8.32. The molecule has 3 aromatic carbocycles. The van der Waals surface area contributed by atoms with Crippen LogP contribution < -0.4 is 0 Å². The zero-order valence-corrected chi connectivity index (χ0v) is 20.5. The fourth-order valence-electron chi connectivity index (χ4n) is 6.63. The second kappa shape index (κ2) is 9.73. The number of ketones is 1. The van der Waals surface area contributed by atoms with E-state index in [1.165, 1.54) is 40.5 Å². The summed E-state index contributed by atoms with van der Waals surface area (Å²) in [5.41, 5.74) is 4.91. The van der Waals surface area contributed by atoms with Crippen LogP contribution in [0.2, 0.25) is 0 Å². The average molecular weight is 502 g/mol. The molecular weight excluding hydrogens is 472 g/mol. The van der Waals surface area contributed by atoms with Crippen LogP contribution in [0.3, 0.4) is 0 Å². The van der Waals surface area contributed by atoms with E-state index in [4.69, 9.17) is 4.74 Å². The minimum absolute atomic E-state index is 0.00239. The van der Waals surface area contributed by atoms with Gasteiger partial charge in [-0.15, -0.1) is 0 Å². The molecule has 37 heavy (non-hydrogen) atoms. The van der Waals surface area contributed by atoms with Crippen LogP contribution in [0.1, 0.15) is 71.5 Å². The number of piperidine rings is 2. The molecule has 3 aromatic rings. The van der Waals surface area contributed by atoms with Gasteiger partial charge in [0.25, 0.3) is 6.43 Å². The number of halogens is 2. The van der Waals surface area contributed by atoms with Crippen molar-refractivity contribution < 1.29 is 23.1 Å². The molecule has 1 aliphatic carbocycles. The molecule has 0 radical (unpaired) electrons. The first kappa shape index (κ1) is 23.8. The molecule has 2 aliphatic heterocycles. The summed E-state index contributed by atoms with van der Waals surface area (Å²) in [4.78, 5) is 28.5. The van der Waals surface area contributed by atoms with Crippen LogP contribution in [-0.2, 0) is 4.74 Å². The average Bonchev–Trinajstić information content (AvgIpc) is 3.24. The number of nitrogens with zero attached hydrogens (tertiary/aromatic N) is 1. The van der Waals surface area contributed by atoms with Crippen molar-refractivity contribution in [3.05, 3.63) is 95.1 Å². The summed E-state index contributed by atoms with van der Waals surface area (Å²) in [6.45, 7) is 0.269. The smallest absolute Gasteiger partial charge is 0.410 e. The van der Waals surface area contributed by atoms with Gasteiger partial charge in [-0.2, -0.15) is 0 Å². The highest BCUT2D eigenvalue weighted by atomic mass is 19.3. The molecule has 2 bridgehead atoms. The van der Waals surface area contributed by atoms with Crippen LogP contribution in [0, 0.1) is 5.92 Å².